The Hall–Kier alpha value is -0.450. The van der Waals surface area contributed by atoms with E-state index in [1.165, 1.54) is 18.9 Å². The SMILES string of the molecule is CCCC(CCC)C(Cc1ccc(F)c(Br)c1)NN. The standard InChI is InChI=1S/C15H24BrFN2/c1-3-5-12(6-4-2)15(19-18)10-11-7-8-14(17)13(16)9-11/h7-9,12,15,19H,3-6,10,18H2,1-2H3. The van der Waals surface area contributed by atoms with E-state index in [1.807, 2.05) is 12.1 Å². The highest BCUT2D eigenvalue weighted by molar-refractivity contribution is 9.10. The lowest BCUT2D eigenvalue weighted by Gasteiger charge is -2.26. The third-order valence-corrected chi connectivity index (χ3v) is 4.15. The molecule has 1 rings (SSSR count). The Labute approximate surface area is 124 Å². The predicted octanol–water partition coefficient (Wildman–Crippen LogP) is 4.18. The molecule has 0 heterocycles. The molecule has 0 bridgehead atoms. The summed E-state index contributed by atoms with van der Waals surface area (Å²) in [6.45, 7) is 4.40. The van der Waals surface area contributed by atoms with E-state index in [9.17, 15) is 4.39 Å². The number of hydrogen-bond donors (Lipinski definition) is 2. The average molecular weight is 331 g/mol. The molecule has 0 saturated carbocycles. The van der Waals surface area contributed by atoms with Crippen molar-refractivity contribution in [3.8, 4) is 0 Å². The van der Waals surface area contributed by atoms with E-state index in [2.05, 4.69) is 35.2 Å². The Bertz CT molecular complexity index is 378. The van der Waals surface area contributed by atoms with Crippen LogP contribution in [0.5, 0.6) is 0 Å². The molecule has 1 unspecified atom stereocenters. The fourth-order valence-corrected chi connectivity index (χ4v) is 3.00. The summed E-state index contributed by atoms with van der Waals surface area (Å²) in [4.78, 5) is 0. The zero-order valence-corrected chi connectivity index (χ0v) is 13.3. The van der Waals surface area contributed by atoms with Crippen molar-refractivity contribution in [2.45, 2.75) is 52.0 Å². The van der Waals surface area contributed by atoms with Gasteiger partial charge in [0.25, 0.3) is 0 Å². The summed E-state index contributed by atoms with van der Waals surface area (Å²) in [5.74, 6) is 6.06. The van der Waals surface area contributed by atoms with Gasteiger partial charge in [0, 0.05) is 6.04 Å². The van der Waals surface area contributed by atoms with Crippen LogP contribution in [0.15, 0.2) is 22.7 Å². The lowest BCUT2D eigenvalue weighted by Crippen LogP contribution is -2.42. The van der Waals surface area contributed by atoms with Crippen molar-refractivity contribution in [3.63, 3.8) is 0 Å². The third kappa shape index (κ3) is 5.21. The quantitative estimate of drug-likeness (QED) is 0.554. The first kappa shape index (κ1) is 16.6. The van der Waals surface area contributed by atoms with E-state index in [0.717, 1.165) is 24.8 Å². The van der Waals surface area contributed by atoms with Gasteiger partial charge in [0.15, 0.2) is 0 Å². The molecule has 0 saturated heterocycles. The summed E-state index contributed by atoms with van der Waals surface area (Å²) in [5, 5.41) is 0. The second-order valence-corrected chi connectivity index (χ2v) is 5.92. The number of hydrazine groups is 1. The zero-order chi connectivity index (χ0) is 14.3. The van der Waals surface area contributed by atoms with Crippen LogP contribution >= 0.6 is 15.9 Å². The van der Waals surface area contributed by atoms with E-state index in [-0.39, 0.29) is 11.9 Å². The highest BCUT2D eigenvalue weighted by atomic mass is 79.9. The van der Waals surface area contributed by atoms with Crippen molar-refractivity contribution in [2.75, 3.05) is 0 Å². The van der Waals surface area contributed by atoms with Crippen molar-refractivity contribution in [1.82, 2.24) is 5.43 Å². The monoisotopic (exact) mass is 330 g/mol. The summed E-state index contributed by atoms with van der Waals surface area (Å²) in [5.41, 5.74) is 4.05. The van der Waals surface area contributed by atoms with E-state index in [4.69, 9.17) is 5.84 Å². The first-order chi connectivity index (χ1) is 9.12. The molecule has 0 aliphatic carbocycles. The molecule has 108 valence electrons. The maximum Gasteiger partial charge on any atom is 0.137 e. The van der Waals surface area contributed by atoms with Crippen LogP contribution < -0.4 is 11.3 Å². The average Bonchev–Trinajstić information content (AvgIpc) is 2.40. The molecule has 4 heteroatoms. The van der Waals surface area contributed by atoms with Crippen LogP contribution in [0, 0.1) is 11.7 Å². The van der Waals surface area contributed by atoms with Crippen molar-refractivity contribution >= 4 is 15.9 Å². The molecule has 0 aliphatic heterocycles. The number of nitrogens with two attached hydrogens (primary N) is 1. The van der Waals surface area contributed by atoms with Gasteiger partial charge < -0.3 is 0 Å². The number of hydrogen-bond acceptors (Lipinski definition) is 2. The molecule has 1 aromatic carbocycles. The maximum absolute atomic E-state index is 13.2. The predicted molar refractivity (Wildman–Crippen MR) is 82.2 cm³/mol. The van der Waals surface area contributed by atoms with E-state index < -0.39 is 0 Å². The van der Waals surface area contributed by atoms with Crippen LogP contribution in [-0.4, -0.2) is 6.04 Å². The van der Waals surface area contributed by atoms with Crippen molar-refractivity contribution in [2.24, 2.45) is 11.8 Å². The summed E-state index contributed by atoms with van der Waals surface area (Å²) < 4.78 is 13.7. The van der Waals surface area contributed by atoms with Gasteiger partial charge in [-0.3, -0.25) is 11.3 Å². The molecule has 1 aromatic rings. The van der Waals surface area contributed by atoms with E-state index >= 15 is 0 Å². The molecule has 0 spiro atoms. The van der Waals surface area contributed by atoms with Crippen LogP contribution in [-0.2, 0) is 6.42 Å². The van der Waals surface area contributed by atoms with Gasteiger partial charge in [-0.1, -0.05) is 32.8 Å². The molecule has 0 fully saturated rings. The number of benzene rings is 1. The van der Waals surface area contributed by atoms with Gasteiger partial charge in [-0.2, -0.15) is 0 Å². The Morgan fingerprint density at radius 3 is 2.37 bits per heavy atom. The highest BCUT2D eigenvalue weighted by Crippen LogP contribution is 2.23. The lowest BCUT2D eigenvalue weighted by atomic mass is 9.87. The molecule has 1 atom stereocenters. The van der Waals surface area contributed by atoms with Gasteiger partial charge in [-0.25, -0.2) is 4.39 Å². The van der Waals surface area contributed by atoms with Crippen LogP contribution in [0.3, 0.4) is 0 Å². The van der Waals surface area contributed by atoms with Crippen LogP contribution in [0.1, 0.15) is 45.1 Å². The summed E-state index contributed by atoms with van der Waals surface area (Å²) in [7, 11) is 0. The fraction of sp³-hybridized carbons (Fsp3) is 0.600. The van der Waals surface area contributed by atoms with Gasteiger partial charge in [0.05, 0.1) is 4.47 Å². The smallest absolute Gasteiger partial charge is 0.137 e. The van der Waals surface area contributed by atoms with Gasteiger partial charge in [-0.05, 0) is 58.8 Å². The molecule has 2 nitrogen and oxygen atoms in total. The fourth-order valence-electron chi connectivity index (χ4n) is 2.57. The normalized spacial score (nSPS) is 12.9. The summed E-state index contributed by atoms with van der Waals surface area (Å²) >= 11 is 3.23. The minimum atomic E-state index is -0.223. The Morgan fingerprint density at radius 1 is 1.26 bits per heavy atom. The van der Waals surface area contributed by atoms with Crippen molar-refractivity contribution in [1.29, 1.82) is 0 Å². The highest BCUT2D eigenvalue weighted by Gasteiger charge is 2.19. The number of nitrogens with one attached hydrogen (secondary N) is 1. The van der Waals surface area contributed by atoms with E-state index in [0.29, 0.717) is 10.4 Å². The lowest BCUT2D eigenvalue weighted by molar-refractivity contribution is 0.311. The first-order valence-electron chi connectivity index (χ1n) is 7.02. The van der Waals surface area contributed by atoms with Crippen LogP contribution in [0.25, 0.3) is 0 Å². The summed E-state index contributed by atoms with van der Waals surface area (Å²) in [6, 6.07) is 5.42. The molecule has 0 radical (unpaired) electrons. The van der Waals surface area contributed by atoms with Crippen molar-refractivity contribution in [3.05, 3.63) is 34.1 Å². The Kier molecular flexibility index (Phi) is 7.57. The third-order valence-electron chi connectivity index (χ3n) is 3.54. The number of rotatable bonds is 8. The van der Waals surface area contributed by atoms with Crippen LogP contribution in [0.4, 0.5) is 4.39 Å². The largest absolute Gasteiger partial charge is 0.271 e. The molecule has 0 aliphatic rings. The molecule has 3 N–H and O–H groups in total. The minimum absolute atomic E-state index is 0.223. The Balaban J connectivity index is 2.75. The van der Waals surface area contributed by atoms with Crippen LogP contribution in [0.2, 0.25) is 0 Å². The van der Waals surface area contributed by atoms with Crippen molar-refractivity contribution < 1.29 is 4.39 Å². The second-order valence-electron chi connectivity index (χ2n) is 5.06. The summed E-state index contributed by atoms with van der Waals surface area (Å²) in [6.07, 6.45) is 5.50. The van der Waals surface area contributed by atoms with Gasteiger partial charge in [0.1, 0.15) is 5.82 Å². The minimum Gasteiger partial charge on any atom is -0.271 e. The molecule has 0 aromatic heterocycles. The maximum atomic E-state index is 13.2. The number of halogens is 2. The topological polar surface area (TPSA) is 38.0 Å². The van der Waals surface area contributed by atoms with E-state index in [1.54, 1.807) is 0 Å². The van der Waals surface area contributed by atoms with Gasteiger partial charge in [-0.15, -0.1) is 0 Å². The first-order valence-corrected chi connectivity index (χ1v) is 7.81. The molecule has 0 amide bonds. The second kappa shape index (κ2) is 8.67. The van der Waals surface area contributed by atoms with Gasteiger partial charge in [0.2, 0.25) is 0 Å². The Morgan fingerprint density at radius 2 is 1.89 bits per heavy atom. The molecular formula is C15H24BrFN2. The van der Waals surface area contributed by atoms with Gasteiger partial charge >= 0.3 is 0 Å². The molecular weight excluding hydrogens is 307 g/mol. The zero-order valence-electron chi connectivity index (χ0n) is 11.8. The molecule has 19 heavy (non-hydrogen) atoms.